The fourth-order valence-corrected chi connectivity index (χ4v) is 3.43. The number of Topliss-reactive ketones (excluding diaryl/α,β-unsaturated/α-hetero) is 1. The van der Waals surface area contributed by atoms with Gasteiger partial charge in [0.05, 0.1) is 0 Å². The average molecular weight is 361 g/mol. The van der Waals surface area contributed by atoms with Crippen molar-refractivity contribution in [2.24, 2.45) is 0 Å². The number of carbonyl (C=O) groups excluding carboxylic acids is 1. The Kier molecular flexibility index (Phi) is 6.40. The smallest absolute Gasteiger partial charge is 0.351 e. The number of alkyl halides is 3. The van der Waals surface area contributed by atoms with Crippen molar-refractivity contribution in [3.8, 4) is 0 Å². The van der Waals surface area contributed by atoms with Crippen LogP contribution in [0.1, 0.15) is 23.2 Å². The maximum absolute atomic E-state index is 12.1. The molecule has 0 fully saturated rings. The van der Waals surface area contributed by atoms with Gasteiger partial charge < -0.3 is 5.32 Å². The summed E-state index contributed by atoms with van der Waals surface area (Å²) in [6.07, 6.45) is -3.19. The molecule has 1 heterocycles. The molecule has 4 nitrogen and oxygen atoms in total. The summed E-state index contributed by atoms with van der Waals surface area (Å²) in [5.74, 6) is 0.739. The summed E-state index contributed by atoms with van der Waals surface area (Å²) in [7, 11) is 0. The first-order valence-corrected chi connectivity index (χ1v) is 8.59. The third-order valence-electron chi connectivity index (χ3n) is 2.72. The summed E-state index contributed by atoms with van der Waals surface area (Å²) in [6.45, 7) is -1.13. The van der Waals surface area contributed by atoms with Gasteiger partial charge in [-0.25, -0.2) is 0 Å². The van der Waals surface area contributed by atoms with Crippen molar-refractivity contribution in [3.05, 3.63) is 35.9 Å². The van der Waals surface area contributed by atoms with Crippen LogP contribution in [-0.2, 0) is 0 Å². The van der Waals surface area contributed by atoms with E-state index in [2.05, 4.69) is 15.5 Å². The van der Waals surface area contributed by atoms with Crippen LogP contribution in [0.15, 0.2) is 34.7 Å². The van der Waals surface area contributed by atoms with Crippen molar-refractivity contribution in [1.29, 1.82) is 0 Å². The molecule has 0 aliphatic rings. The van der Waals surface area contributed by atoms with E-state index in [9.17, 15) is 18.0 Å². The Bertz CT molecular complexity index is 632. The molecule has 0 saturated heterocycles. The number of nitrogens with zero attached hydrogens (tertiary/aromatic N) is 2. The van der Waals surface area contributed by atoms with E-state index in [1.807, 2.05) is 18.2 Å². The molecule has 0 radical (unpaired) electrons. The molecule has 124 valence electrons. The zero-order chi connectivity index (χ0) is 16.7. The second-order valence-corrected chi connectivity index (χ2v) is 6.90. The number of thioether (sulfide) groups is 1. The maximum Gasteiger partial charge on any atom is 0.405 e. The van der Waals surface area contributed by atoms with Gasteiger partial charge in [-0.2, -0.15) is 13.2 Å². The molecule has 0 saturated carbocycles. The Labute approximate surface area is 139 Å². The molecule has 2 aromatic rings. The van der Waals surface area contributed by atoms with Crippen molar-refractivity contribution in [1.82, 2.24) is 10.2 Å². The second-order valence-electron chi connectivity index (χ2n) is 4.58. The number of hydrogen-bond donors (Lipinski definition) is 1. The molecule has 2 rings (SSSR count). The van der Waals surface area contributed by atoms with Crippen LogP contribution in [0.5, 0.6) is 0 Å². The highest BCUT2D eigenvalue weighted by atomic mass is 32.2. The molecule has 0 spiro atoms. The first kappa shape index (κ1) is 17.7. The minimum atomic E-state index is -4.28. The van der Waals surface area contributed by atoms with Gasteiger partial charge in [0, 0.05) is 17.7 Å². The van der Waals surface area contributed by atoms with Crippen molar-refractivity contribution in [3.63, 3.8) is 0 Å². The lowest BCUT2D eigenvalue weighted by atomic mass is 10.1. The quantitative estimate of drug-likeness (QED) is 0.432. The summed E-state index contributed by atoms with van der Waals surface area (Å²) in [5, 5.41) is 9.79. The van der Waals surface area contributed by atoms with Crippen LogP contribution in [0.25, 0.3) is 0 Å². The Morgan fingerprint density at radius 1 is 1.22 bits per heavy atom. The van der Waals surface area contributed by atoms with E-state index in [4.69, 9.17) is 0 Å². The van der Waals surface area contributed by atoms with Crippen LogP contribution in [0.3, 0.4) is 0 Å². The zero-order valence-corrected chi connectivity index (χ0v) is 13.6. The molecule has 0 bridgehead atoms. The lowest BCUT2D eigenvalue weighted by Crippen LogP contribution is -2.21. The number of anilines is 1. The van der Waals surface area contributed by atoms with Crippen LogP contribution in [0.4, 0.5) is 18.3 Å². The molecule has 0 atom stereocenters. The van der Waals surface area contributed by atoms with Gasteiger partial charge in [-0.3, -0.25) is 4.79 Å². The largest absolute Gasteiger partial charge is 0.405 e. The SMILES string of the molecule is O=C(CCCSc1nnc(NCC(F)(F)F)s1)c1ccccc1. The number of benzene rings is 1. The highest BCUT2D eigenvalue weighted by Crippen LogP contribution is 2.27. The Balaban J connectivity index is 1.69. The third-order valence-corrected chi connectivity index (χ3v) is 4.82. The number of carbonyl (C=O) groups is 1. The van der Waals surface area contributed by atoms with Crippen molar-refractivity contribution in [2.45, 2.75) is 23.4 Å². The van der Waals surface area contributed by atoms with E-state index < -0.39 is 12.7 Å². The number of aromatic nitrogens is 2. The van der Waals surface area contributed by atoms with Crippen molar-refractivity contribution in [2.75, 3.05) is 17.6 Å². The third kappa shape index (κ3) is 6.57. The molecule has 1 aromatic carbocycles. The van der Waals surface area contributed by atoms with E-state index in [0.29, 0.717) is 28.5 Å². The summed E-state index contributed by atoms with van der Waals surface area (Å²) < 4.78 is 36.8. The van der Waals surface area contributed by atoms with E-state index in [1.54, 1.807) is 12.1 Å². The first-order valence-electron chi connectivity index (χ1n) is 6.79. The fourth-order valence-electron chi connectivity index (χ4n) is 1.68. The summed E-state index contributed by atoms with van der Waals surface area (Å²) in [4.78, 5) is 11.9. The number of hydrogen-bond acceptors (Lipinski definition) is 6. The van der Waals surface area contributed by atoms with Gasteiger partial charge in [0.25, 0.3) is 0 Å². The minimum Gasteiger partial charge on any atom is -0.351 e. The van der Waals surface area contributed by atoms with Crippen molar-refractivity contribution >= 4 is 34.0 Å². The number of rotatable bonds is 8. The molecule has 0 unspecified atom stereocenters. The van der Waals surface area contributed by atoms with E-state index in [1.165, 1.54) is 11.8 Å². The standard InChI is InChI=1S/C14H14F3N3OS2/c15-14(16,17)9-18-12-19-20-13(23-12)22-8-4-7-11(21)10-5-2-1-3-6-10/h1-3,5-6H,4,7-9H2,(H,18,19). The Morgan fingerprint density at radius 2 is 1.96 bits per heavy atom. The molecule has 0 aliphatic carbocycles. The average Bonchev–Trinajstić information content (AvgIpc) is 2.97. The molecule has 1 aromatic heterocycles. The van der Waals surface area contributed by atoms with Gasteiger partial charge in [-0.05, 0) is 6.42 Å². The van der Waals surface area contributed by atoms with E-state index in [-0.39, 0.29) is 10.9 Å². The van der Waals surface area contributed by atoms with E-state index in [0.717, 1.165) is 11.3 Å². The van der Waals surface area contributed by atoms with Gasteiger partial charge >= 0.3 is 6.18 Å². The lowest BCUT2D eigenvalue weighted by molar-refractivity contribution is -0.115. The molecular weight excluding hydrogens is 347 g/mol. The first-order chi connectivity index (χ1) is 10.9. The summed E-state index contributed by atoms with van der Waals surface area (Å²) >= 11 is 2.46. The van der Waals surface area contributed by atoms with Crippen LogP contribution < -0.4 is 5.32 Å². The number of ketones is 1. The van der Waals surface area contributed by atoms with Crippen LogP contribution >= 0.6 is 23.1 Å². The van der Waals surface area contributed by atoms with Gasteiger partial charge in [0.1, 0.15) is 6.54 Å². The van der Waals surface area contributed by atoms with Crippen LogP contribution in [-0.4, -0.2) is 34.5 Å². The van der Waals surface area contributed by atoms with Gasteiger partial charge in [0.15, 0.2) is 10.1 Å². The lowest BCUT2D eigenvalue weighted by Gasteiger charge is -2.05. The summed E-state index contributed by atoms with van der Waals surface area (Å²) in [6, 6.07) is 9.04. The maximum atomic E-state index is 12.1. The summed E-state index contributed by atoms with van der Waals surface area (Å²) in [5.41, 5.74) is 0.687. The predicted molar refractivity (Wildman–Crippen MR) is 85.2 cm³/mol. The fraction of sp³-hybridized carbons (Fsp3) is 0.357. The molecule has 23 heavy (non-hydrogen) atoms. The predicted octanol–water partition coefficient (Wildman–Crippen LogP) is 4.27. The monoisotopic (exact) mass is 361 g/mol. The van der Waals surface area contributed by atoms with Gasteiger partial charge in [-0.15, -0.1) is 10.2 Å². The highest BCUT2D eigenvalue weighted by Gasteiger charge is 2.27. The van der Waals surface area contributed by atoms with Crippen LogP contribution in [0, 0.1) is 0 Å². The van der Waals surface area contributed by atoms with E-state index >= 15 is 0 Å². The molecule has 9 heteroatoms. The normalized spacial score (nSPS) is 11.4. The van der Waals surface area contributed by atoms with Crippen LogP contribution in [0.2, 0.25) is 0 Å². The van der Waals surface area contributed by atoms with Crippen molar-refractivity contribution < 1.29 is 18.0 Å². The topological polar surface area (TPSA) is 54.9 Å². The highest BCUT2D eigenvalue weighted by molar-refractivity contribution is 8.01. The molecular formula is C14H14F3N3OS2. The second kappa shape index (κ2) is 8.30. The number of halogens is 3. The van der Waals surface area contributed by atoms with Gasteiger partial charge in [0.2, 0.25) is 5.13 Å². The minimum absolute atomic E-state index is 0.0796. The molecule has 0 amide bonds. The zero-order valence-electron chi connectivity index (χ0n) is 12.0. The Hall–Kier alpha value is -1.61. The Morgan fingerprint density at radius 3 is 2.65 bits per heavy atom. The molecule has 0 aliphatic heterocycles. The molecule has 1 N–H and O–H groups in total. The van der Waals surface area contributed by atoms with Gasteiger partial charge in [-0.1, -0.05) is 53.4 Å². The number of nitrogens with one attached hydrogen (secondary N) is 1.